The van der Waals surface area contributed by atoms with E-state index < -0.39 is 21.7 Å². The maximum Gasteiger partial charge on any atom is 0.256 e. The second-order valence-corrected chi connectivity index (χ2v) is 37.5. The standard InChI is InChI=1S/C28H37N3O7.3C27H35N3O7/c1-28(2,3)25(32)24-18-21-17-22(19-29-26(21)31-24)30-27(33)20-5-7-23(8-6-20)38-16-15-37-14-13-36-12-11-35-10-9-34-4;1-27(2,3)25(32)23-19-30-18-21(6-9-24(30)29-23)28-26(33)20-4-7-22(8-5-20)37-17-16-36-15-14-35-13-12-34-11-10-31;1-27(2,3)24(32)23-17-20-16-21(18-28-25(20)30-23)29-26(33)19-4-6-22(7-5-19)37-15-14-36-13-12-35-11-10-34-9-8-31;1-27(2,3)25(32)22-16-20-17-24(28-18-23(20)29-22)30-26(33)19-4-6-21(7-5-19)37-15-14-36-13-12-35-11-10-34-9-8-31/h5-8,17-19H,9-16H2,1-4H3,(H,29,31)(H,30,33);4-9,18-19,31H,10-17H2,1-3H3,(H,28,33);4-7,16-18,31H,8-15H2,1-3H3,(H,28,30)(H,29,33);4-7,16-18,29,31H,8-15H2,1-3H3,(H,28,30,33). The van der Waals surface area contributed by atoms with Gasteiger partial charge in [0, 0.05) is 79.6 Å². The van der Waals surface area contributed by atoms with Crippen LogP contribution in [0.25, 0.3) is 38.6 Å². The number of aromatic amines is 3. The lowest BCUT2D eigenvalue weighted by atomic mass is 9.89. The monoisotopic (exact) mass is 2070 g/mol. The Morgan fingerprint density at radius 3 is 0.899 bits per heavy atom. The van der Waals surface area contributed by atoms with E-state index >= 15 is 0 Å². The van der Waals surface area contributed by atoms with Crippen LogP contribution in [0.1, 0.15) is 166 Å². The fourth-order valence-corrected chi connectivity index (χ4v) is 13.4. The maximum atomic E-state index is 12.7. The number of benzene rings is 4. The van der Waals surface area contributed by atoms with E-state index in [0.717, 1.165) is 21.7 Å². The summed E-state index contributed by atoms with van der Waals surface area (Å²) in [6, 6.07) is 41.4. The highest BCUT2D eigenvalue weighted by molar-refractivity contribution is 6.09. The van der Waals surface area contributed by atoms with Crippen LogP contribution in [0.15, 0.2) is 177 Å². The number of nitrogens with zero attached hydrogens (tertiary/aromatic N) is 5. The molecular formula is C109H142N12O28. The van der Waals surface area contributed by atoms with Crippen molar-refractivity contribution in [2.45, 2.75) is 83.1 Å². The number of H-pyrrole nitrogens is 3. The molecule has 4 aromatic carbocycles. The topological polar surface area (TPSA) is 506 Å². The Bertz CT molecular complexity index is 5660. The van der Waals surface area contributed by atoms with Crippen molar-refractivity contribution in [3.05, 3.63) is 222 Å². The highest BCUT2D eigenvalue weighted by Gasteiger charge is 2.30. The van der Waals surface area contributed by atoms with Crippen molar-refractivity contribution in [3.8, 4) is 23.0 Å². The molecule has 0 radical (unpaired) electrons. The van der Waals surface area contributed by atoms with Crippen LogP contribution in [-0.2, 0) is 61.6 Å². The highest BCUT2D eigenvalue weighted by Crippen LogP contribution is 2.31. The van der Waals surface area contributed by atoms with E-state index in [4.69, 9.17) is 95.8 Å². The van der Waals surface area contributed by atoms with Gasteiger partial charge in [-0.25, -0.2) is 19.9 Å². The Balaban J connectivity index is 0.000000221. The molecule has 0 saturated carbocycles. The Morgan fingerprint density at radius 1 is 0.295 bits per heavy atom. The Morgan fingerprint density at radius 2 is 0.584 bits per heavy atom. The zero-order valence-electron chi connectivity index (χ0n) is 87.2. The van der Waals surface area contributed by atoms with Crippen molar-refractivity contribution in [3.63, 3.8) is 0 Å². The molecule has 4 amide bonds. The molecule has 0 bridgehead atoms. The number of nitrogens with one attached hydrogen (secondary N) is 7. The fraction of sp³-hybridized carbons (Fsp3) is 0.450. The van der Waals surface area contributed by atoms with Gasteiger partial charge in [0.25, 0.3) is 23.6 Å². The Hall–Kier alpha value is -13.2. The number of hydrogen-bond acceptors (Lipinski definition) is 32. The summed E-state index contributed by atoms with van der Waals surface area (Å²) in [5.74, 6) is 1.77. The lowest BCUT2D eigenvalue weighted by Crippen LogP contribution is -2.20. The molecule has 149 heavy (non-hydrogen) atoms. The SMILES string of the molecule is CC(C)(C)C(=O)c1cc2cc(NC(=O)c3ccc(OCCOCCOCCOCCO)cc3)cnc2[nH]1.CC(C)(C)C(=O)c1cc2cc(NC(=O)c3ccc(OCCOCCOCCOCCO)cc3)ncc2[nH]1.CC(C)(C)C(=O)c1cn2cc(NC(=O)c3ccc(OCCOCCOCCOCCO)cc3)ccc2n1.COCCOCCOCCOCCOc1ccc(C(=O)Nc2cnc3[nH]c(C(=O)C(C)(C)C)cc3c2)cc1. The third kappa shape index (κ3) is 42.7. The summed E-state index contributed by atoms with van der Waals surface area (Å²) in [6.45, 7) is 35.0. The number of methoxy groups -OCH3 is 1. The van der Waals surface area contributed by atoms with E-state index in [2.05, 4.69) is 56.2 Å². The number of carbonyl (C=O) groups excluding carboxylic acids is 8. The minimum Gasteiger partial charge on any atom is -0.491 e. The average Bonchev–Trinajstić information content (AvgIpc) is 1.67. The first-order chi connectivity index (χ1) is 71.6. The lowest BCUT2D eigenvalue weighted by Gasteiger charge is -2.14. The van der Waals surface area contributed by atoms with Crippen molar-refractivity contribution in [1.82, 2.24) is 39.3 Å². The third-order valence-corrected chi connectivity index (χ3v) is 21.2. The van der Waals surface area contributed by atoms with Crippen LogP contribution < -0.4 is 40.2 Å². The summed E-state index contributed by atoms with van der Waals surface area (Å²) in [5, 5.41) is 39.4. The summed E-state index contributed by atoms with van der Waals surface area (Å²) in [5.41, 5.74) is 5.97. The number of fused-ring (bicyclic) bond motifs is 4. The third-order valence-electron chi connectivity index (χ3n) is 21.2. The van der Waals surface area contributed by atoms with E-state index in [1.807, 2.05) is 83.1 Å². The van der Waals surface area contributed by atoms with Gasteiger partial charge in [-0.15, -0.1) is 0 Å². The number of carbonyl (C=O) groups is 8. The van der Waals surface area contributed by atoms with E-state index in [1.54, 1.807) is 188 Å². The van der Waals surface area contributed by atoms with Gasteiger partial charge in [-0.3, -0.25) is 38.4 Å². The molecule has 12 rings (SSSR count). The number of aliphatic hydroxyl groups is 3. The van der Waals surface area contributed by atoms with E-state index in [1.165, 1.54) is 0 Å². The van der Waals surface area contributed by atoms with Gasteiger partial charge < -0.3 is 136 Å². The first-order valence-corrected chi connectivity index (χ1v) is 49.2. The van der Waals surface area contributed by atoms with Gasteiger partial charge in [0.15, 0.2) is 23.1 Å². The minimum atomic E-state index is -0.524. The first kappa shape index (κ1) is 119. The molecule has 0 unspecified atom stereocenters. The van der Waals surface area contributed by atoms with Crippen molar-refractivity contribution < 1.29 is 134 Å². The van der Waals surface area contributed by atoms with E-state index in [-0.39, 0.29) is 66.6 Å². The largest absolute Gasteiger partial charge is 0.491 e. The van der Waals surface area contributed by atoms with Crippen LogP contribution in [0.3, 0.4) is 0 Å². The van der Waals surface area contributed by atoms with E-state index in [9.17, 15) is 38.4 Å². The number of aromatic nitrogens is 8. The predicted molar refractivity (Wildman–Crippen MR) is 561 cm³/mol. The lowest BCUT2D eigenvalue weighted by molar-refractivity contribution is 0.000164. The minimum absolute atomic E-state index is 0.000415. The summed E-state index contributed by atoms with van der Waals surface area (Å²) >= 11 is 0. The van der Waals surface area contributed by atoms with Gasteiger partial charge >= 0.3 is 0 Å². The zero-order valence-corrected chi connectivity index (χ0v) is 87.2. The number of hydrogen-bond donors (Lipinski definition) is 10. The second kappa shape index (κ2) is 62.9. The summed E-state index contributed by atoms with van der Waals surface area (Å²) in [7, 11) is 1.63. The quantitative estimate of drug-likeness (QED) is 0.0125. The summed E-state index contributed by atoms with van der Waals surface area (Å²) in [6.07, 6.45) is 8.12. The van der Waals surface area contributed by atoms with E-state index in [0.29, 0.717) is 299 Å². The van der Waals surface area contributed by atoms with Crippen LogP contribution in [0, 0.1) is 21.7 Å². The number of ether oxygens (including phenoxy) is 17. The van der Waals surface area contributed by atoms with Gasteiger partial charge in [-0.05, 0) is 146 Å². The van der Waals surface area contributed by atoms with Crippen molar-refractivity contribution in [1.29, 1.82) is 0 Å². The molecule has 0 fully saturated rings. The summed E-state index contributed by atoms with van der Waals surface area (Å²) in [4.78, 5) is 127. The van der Waals surface area contributed by atoms with Crippen LogP contribution >= 0.6 is 0 Å². The number of aliphatic hydroxyl groups excluding tert-OH is 3. The molecule has 0 aliphatic heterocycles. The van der Waals surface area contributed by atoms with Crippen LogP contribution in [0.4, 0.5) is 22.9 Å². The number of imidazole rings is 1. The second-order valence-electron chi connectivity index (χ2n) is 37.5. The molecule has 0 saturated heterocycles. The number of anilines is 4. The molecule has 40 heteroatoms. The van der Waals surface area contributed by atoms with Crippen molar-refractivity contribution >= 4 is 108 Å². The number of Topliss-reactive ketones (excluding diaryl/α,β-unsaturated/α-hetero) is 4. The molecular weight excluding hydrogens is 1930 g/mol. The summed E-state index contributed by atoms with van der Waals surface area (Å²) < 4.78 is 93.0. The zero-order chi connectivity index (χ0) is 107. The Kier molecular flexibility index (Phi) is 50.4. The van der Waals surface area contributed by atoms with Crippen molar-refractivity contribution in [2.24, 2.45) is 21.7 Å². The maximum absolute atomic E-state index is 12.7. The number of pyridine rings is 4. The molecule has 10 N–H and O–H groups in total. The number of amides is 4. The molecule has 0 aliphatic rings. The average molecular weight is 2070 g/mol. The molecule has 0 aliphatic carbocycles. The predicted octanol–water partition coefficient (Wildman–Crippen LogP) is 14.3. The number of ketones is 4. The molecule has 0 atom stereocenters. The molecule has 0 spiro atoms. The first-order valence-electron chi connectivity index (χ1n) is 49.2. The van der Waals surface area contributed by atoms with Gasteiger partial charge in [-0.1, -0.05) is 83.1 Å². The molecule has 40 nitrogen and oxygen atoms in total. The number of rotatable bonds is 61. The molecule has 12 aromatic rings. The van der Waals surface area contributed by atoms with Gasteiger partial charge in [0.1, 0.15) is 77.9 Å². The molecule has 8 heterocycles. The van der Waals surface area contributed by atoms with Crippen LogP contribution in [0.5, 0.6) is 23.0 Å². The van der Waals surface area contributed by atoms with Gasteiger partial charge in [0.2, 0.25) is 0 Å². The molecule has 806 valence electrons. The smallest absolute Gasteiger partial charge is 0.256 e. The highest BCUT2D eigenvalue weighted by atomic mass is 16.6. The van der Waals surface area contributed by atoms with Gasteiger partial charge in [-0.2, -0.15) is 0 Å². The van der Waals surface area contributed by atoms with Gasteiger partial charge in [0.05, 0.1) is 243 Å². The van der Waals surface area contributed by atoms with Crippen molar-refractivity contribution in [2.75, 3.05) is 240 Å². The normalized spacial score (nSPS) is 11.6. The Labute approximate surface area is 866 Å². The fourth-order valence-electron chi connectivity index (χ4n) is 13.4. The molecule has 8 aromatic heterocycles. The van der Waals surface area contributed by atoms with Crippen LogP contribution in [0.2, 0.25) is 0 Å². The van der Waals surface area contributed by atoms with Crippen LogP contribution in [-0.4, -0.2) is 320 Å².